The Balaban J connectivity index is 2.43. The number of H-pyrrole nitrogens is 1. The van der Waals surface area contributed by atoms with E-state index < -0.39 is 28.7 Å². The van der Waals surface area contributed by atoms with E-state index in [1.807, 2.05) is 0 Å². The molecule has 0 bridgehead atoms. The van der Waals surface area contributed by atoms with E-state index in [9.17, 15) is 19.2 Å². The number of amides is 3. The molecule has 0 atom stereocenters. The van der Waals surface area contributed by atoms with E-state index >= 15 is 0 Å². The van der Waals surface area contributed by atoms with Gasteiger partial charge in [0.25, 0.3) is 11.8 Å². The van der Waals surface area contributed by atoms with Gasteiger partial charge >= 0.3 is 0 Å². The van der Waals surface area contributed by atoms with Crippen LogP contribution >= 0.6 is 0 Å². The zero-order valence-electron chi connectivity index (χ0n) is 11.4. The number of pyridine rings is 1. The summed E-state index contributed by atoms with van der Waals surface area (Å²) >= 11 is 0. The van der Waals surface area contributed by atoms with Crippen LogP contribution in [0.2, 0.25) is 0 Å². The smallest absolute Gasteiger partial charge is 0.260 e. The van der Waals surface area contributed by atoms with Gasteiger partial charge in [0.1, 0.15) is 17.6 Å². The third-order valence-electron chi connectivity index (χ3n) is 3.32. The molecule has 1 aliphatic rings. The minimum absolute atomic E-state index is 0.0915. The summed E-state index contributed by atoms with van der Waals surface area (Å²) in [6, 6.07) is 1.30. The van der Waals surface area contributed by atoms with Gasteiger partial charge in [-0.2, -0.15) is 0 Å². The highest BCUT2D eigenvalue weighted by Crippen LogP contribution is 2.20. The van der Waals surface area contributed by atoms with Crippen LogP contribution in [0.25, 0.3) is 0 Å². The van der Waals surface area contributed by atoms with Crippen molar-refractivity contribution in [2.24, 2.45) is 0 Å². The van der Waals surface area contributed by atoms with Crippen LogP contribution in [0.1, 0.15) is 29.9 Å². The van der Waals surface area contributed by atoms with Crippen LogP contribution < -0.4 is 10.7 Å². The molecule has 20 heavy (non-hydrogen) atoms. The minimum atomic E-state index is -1.19. The highest BCUT2D eigenvalue weighted by molar-refractivity contribution is 6.08. The third kappa shape index (κ3) is 2.22. The molecule has 3 amide bonds. The van der Waals surface area contributed by atoms with Gasteiger partial charge in [-0.05, 0) is 20.8 Å². The summed E-state index contributed by atoms with van der Waals surface area (Å²) in [5.74, 6) is -1.77. The molecule has 1 saturated heterocycles. The Labute approximate surface area is 115 Å². The fourth-order valence-corrected chi connectivity index (χ4v) is 1.99. The molecular formula is C13H15N3O4. The summed E-state index contributed by atoms with van der Waals surface area (Å²) in [5.41, 5.74) is -1.10. The van der Waals surface area contributed by atoms with Crippen molar-refractivity contribution < 1.29 is 14.4 Å². The lowest BCUT2D eigenvalue weighted by molar-refractivity contribution is -0.143. The molecular weight excluding hydrogens is 262 g/mol. The predicted molar refractivity (Wildman–Crippen MR) is 70.1 cm³/mol. The maximum atomic E-state index is 12.4. The van der Waals surface area contributed by atoms with Crippen molar-refractivity contribution >= 4 is 17.7 Å². The molecule has 1 aromatic heterocycles. The number of carbonyl (C=O) groups excluding carboxylic acids is 3. The van der Waals surface area contributed by atoms with Gasteiger partial charge in [0.15, 0.2) is 5.43 Å². The number of hydrogen-bond donors (Lipinski definition) is 2. The second-order valence-corrected chi connectivity index (χ2v) is 5.22. The molecule has 0 aromatic carbocycles. The molecule has 7 heteroatoms. The monoisotopic (exact) mass is 277 g/mol. The normalized spacial score (nSPS) is 17.9. The highest BCUT2D eigenvalue weighted by atomic mass is 16.2. The first kappa shape index (κ1) is 14.0. The van der Waals surface area contributed by atoms with Crippen molar-refractivity contribution in [3.05, 3.63) is 33.7 Å². The molecule has 0 spiro atoms. The Morgan fingerprint density at radius 2 is 1.95 bits per heavy atom. The van der Waals surface area contributed by atoms with Crippen LogP contribution in [0.4, 0.5) is 0 Å². The maximum absolute atomic E-state index is 12.4. The molecule has 0 saturated carbocycles. The van der Waals surface area contributed by atoms with E-state index in [-0.39, 0.29) is 12.1 Å². The molecule has 7 nitrogen and oxygen atoms in total. The van der Waals surface area contributed by atoms with Gasteiger partial charge in [0.2, 0.25) is 5.91 Å². The molecule has 1 fully saturated rings. The van der Waals surface area contributed by atoms with Crippen molar-refractivity contribution in [2.75, 3.05) is 6.54 Å². The largest absolute Gasteiger partial charge is 0.364 e. The lowest BCUT2D eigenvalue weighted by Crippen LogP contribution is -2.65. The maximum Gasteiger partial charge on any atom is 0.260 e. The first-order valence-electron chi connectivity index (χ1n) is 6.09. The Morgan fingerprint density at radius 3 is 2.55 bits per heavy atom. The van der Waals surface area contributed by atoms with E-state index in [4.69, 9.17) is 0 Å². The standard InChI is InChI=1S/C13H15N3O4/c1-7-4-9(17)8(5-14-7)11(19)16-6-10(18)15-12(20)13(16,2)3/h4-5H,6H2,1-3H3,(H,14,17)(H,15,18,20). The van der Waals surface area contributed by atoms with Gasteiger partial charge in [-0.3, -0.25) is 24.5 Å². The second kappa shape index (κ2) is 4.59. The van der Waals surface area contributed by atoms with Crippen LogP contribution in [0.5, 0.6) is 0 Å². The predicted octanol–water partition coefficient (Wildman–Crippen LogP) is -0.439. The van der Waals surface area contributed by atoms with Crippen LogP contribution in [-0.4, -0.2) is 39.7 Å². The Bertz CT molecular complexity index is 660. The van der Waals surface area contributed by atoms with Crippen LogP contribution in [0, 0.1) is 6.92 Å². The average molecular weight is 277 g/mol. The molecule has 0 radical (unpaired) electrons. The number of nitrogens with one attached hydrogen (secondary N) is 2. The molecule has 0 unspecified atom stereocenters. The third-order valence-corrected chi connectivity index (χ3v) is 3.32. The van der Waals surface area contributed by atoms with E-state index in [2.05, 4.69) is 10.3 Å². The zero-order chi connectivity index (χ0) is 15.1. The summed E-state index contributed by atoms with van der Waals surface area (Å²) in [7, 11) is 0. The number of rotatable bonds is 1. The van der Waals surface area contributed by atoms with Gasteiger partial charge in [-0.1, -0.05) is 0 Å². The molecule has 2 rings (SSSR count). The quantitative estimate of drug-likeness (QED) is 0.680. The molecule has 2 heterocycles. The fraction of sp³-hybridized carbons (Fsp3) is 0.385. The van der Waals surface area contributed by atoms with E-state index in [1.54, 1.807) is 6.92 Å². The van der Waals surface area contributed by atoms with Gasteiger partial charge in [0, 0.05) is 18.0 Å². The lowest BCUT2D eigenvalue weighted by Gasteiger charge is -2.39. The van der Waals surface area contributed by atoms with Gasteiger partial charge in [0.05, 0.1) is 0 Å². The summed E-state index contributed by atoms with van der Waals surface area (Å²) < 4.78 is 0. The van der Waals surface area contributed by atoms with E-state index in [0.717, 1.165) is 4.90 Å². The summed E-state index contributed by atoms with van der Waals surface area (Å²) in [6.07, 6.45) is 1.30. The van der Waals surface area contributed by atoms with Crippen molar-refractivity contribution in [1.82, 2.24) is 15.2 Å². The molecule has 1 aromatic rings. The van der Waals surface area contributed by atoms with Crippen LogP contribution in [0.3, 0.4) is 0 Å². The minimum Gasteiger partial charge on any atom is -0.364 e. The number of hydrogen-bond acceptors (Lipinski definition) is 4. The number of piperazine rings is 1. The Hall–Kier alpha value is -2.44. The van der Waals surface area contributed by atoms with Crippen molar-refractivity contribution in [2.45, 2.75) is 26.3 Å². The molecule has 1 aliphatic heterocycles. The number of carbonyl (C=O) groups is 3. The lowest BCUT2D eigenvalue weighted by atomic mass is 9.97. The summed E-state index contributed by atoms with van der Waals surface area (Å²) in [4.78, 5) is 51.4. The average Bonchev–Trinajstić information content (AvgIpc) is 2.33. The van der Waals surface area contributed by atoms with Crippen molar-refractivity contribution in [3.63, 3.8) is 0 Å². The first-order valence-corrected chi connectivity index (χ1v) is 6.09. The van der Waals surface area contributed by atoms with Gasteiger partial charge in [-0.15, -0.1) is 0 Å². The topological polar surface area (TPSA) is 99.3 Å². The van der Waals surface area contributed by atoms with Crippen LogP contribution in [-0.2, 0) is 9.59 Å². The molecule has 0 aliphatic carbocycles. The van der Waals surface area contributed by atoms with E-state index in [0.29, 0.717) is 5.69 Å². The molecule has 2 N–H and O–H groups in total. The van der Waals surface area contributed by atoms with Crippen LogP contribution in [0.15, 0.2) is 17.1 Å². The number of aromatic nitrogens is 1. The number of aromatic amines is 1. The first-order chi connectivity index (χ1) is 9.23. The highest BCUT2D eigenvalue weighted by Gasteiger charge is 2.44. The van der Waals surface area contributed by atoms with Gasteiger partial charge in [-0.25, -0.2) is 0 Å². The second-order valence-electron chi connectivity index (χ2n) is 5.22. The molecule has 106 valence electrons. The summed E-state index contributed by atoms with van der Waals surface area (Å²) in [5, 5.41) is 2.17. The van der Waals surface area contributed by atoms with Crippen molar-refractivity contribution in [3.8, 4) is 0 Å². The van der Waals surface area contributed by atoms with E-state index in [1.165, 1.54) is 26.1 Å². The number of aryl methyl sites for hydroxylation is 1. The summed E-state index contributed by atoms with van der Waals surface area (Å²) in [6.45, 7) is 4.48. The Morgan fingerprint density at radius 1 is 1.30 bits per heavy atom. The number of nitrogens with zero attached hydrogens (tertiary/aromatic N) is 1. The van der Waals surface area contributed by atoms with Crippen molar-refractivity contribution in [1.29, 1.82) is 0 Å². The Kier molecular flexibility index (Phi) is 3.21. The zero-order valence-corrected chi connectivity index (χ0v) is 11.4. The number of imide groups is 1. The SMILES string of the molecule is Cc1cc(=O)c(C(=O)N2CC(=O)NC(=O)C2(C)C)c[nH]1. The van der Waals surface area contributed by atoms with Gasteiger partial charge < -0.3 is 9.88 Å². The fourth-order valence-electron chi connectivity index (χ4n) is 1.99.